The largest absolute Gasteiger partial charge is 0.357 e. The topological polar surface area (TPSA) is 81.5 Å². The summed E-state index contributed by atoms with van der Waals surface area (Å²) in [6, 6.07) is 0. The van der Waals surface area contributed by atoms with Gasteiger partial charge in [-0.05, 0) is 6.42 Å². The van der Waals surface area contributed by atoms with Crippen molar-refractivity contribution >= 4 is 16.0 Å². The lowest BCUT2D eigenvalue weighted by atomic mass is 10.2. The van der Waals surface area contributed by atoms with Crippen LogP contribution in [0, 0.1) is 5.41 Å². The van der Waals surface area contributed by atoms with Crippen molar-refractivity contribution in [1.29, 1.82) is 5.41 Å². The average molecular weight is 218 g/mol. The zero-order valence-corrected chi connectivity index (χ0v) is 8.63. The fraction of sp³-hybridized carbons (Fsp3) is 0.625. The van der Waals surface area contributed by atoms with E-state index in [4.69, 9.17) is 9.96 Å². The third kappa shape index (κ3) is 3.89. The van der Waals surface area contributed by atoms with Gasteiger partial charge in [0, 0.05) is 19.5 Å². The molecular formula is C8H14N2O3S. The van der Waals surface area contributed by atoms with E-state index in [2.05, 4.69) is 0 Å². The van der Waals surface area contributed by atoms with Crippen LogP contribution < -0.4 is 0 Å². The van der Waals surface area contributed by atoms with E-state index in [1.54, 1.807) is 4.90 Å². The van der Waals surface area contributed by atoms with Gasteiger partial charge in [-0.2, -0.15) is 8.42 Å². The molecule has 1 aliphatic rings. The molecule has 14 heavy (non-hydrogen) atoms. The molecule has 0 aromatic carbocycles. The van der Waals surface area contributed by atoms with Crippen molar-refractivity contribution < 1.29 is 13.0 Å². The van der Waals surface area contributed by atoms with E-state index in [9.17, 15) is 8.42 Å². The lowest BCUT2D eigenvalue weighted by molar-refractivity contribution is 0.433. The monoisotopic (exact) mass is 218 g/mol. The molecule has 1 heterocycles. The molecule has 0 bridgehead atoms. The van der Waals surface area contributed by atoms with Crippen LogP contribution in [-0.2, 0) is 10.1 Å². The SMILES string of the molecule is N=C1CC=CCN1CCCS(=O)(=O)O. The zero-order chi connectivity index (χ0) is 10.6. The minimum absolute atomic E-state index is 0.236. The van der Waals surface area contributed by atoms with Crippen molar-refractivity contribution in [3.63, 3.8) is 0 Å². The normalized spacial score (nSPS) is 17.5. The first-order valence-corrected chi connectivity index (χ1v) is 6.02. The Balaban J connectivity index is 2.31. The van der Waals surface area contributed by atoms with Gasteiger partial charge in [0.2, 0.25) is 0 Å². The van der Waals surface area contributed by atoms with Crippen molar-refractivity contribution in [2.24, 2.45) is 0 Å². The van der Waals surface area contributed by atoms with Crippen molar-refractivity contribution in [2.45, 2.75) is 12.8 Å². The molecule has 6 heteroatoms. The molecule has 0 saturated heterocycles. The summed E-state index contributed by atoms with van der Waals surface area (Å²) in [4.78, 5) is 1.80. The molecule has 0 fully saturated rings. The first kappa shape index (κ1) is 11.2. The minimum Gasteiger partial charge on any atom is -0.357 e. The Kier molecular flexibility index (Phi) is 3.65. The molecule has 0 aliphatic carbocycles. The number of hydrogen-bond donors (Lipinski definition) is 2. The number of amidine groups is 1. The Morgan fingerprint density at radius 1 is 1.50 bits per heavy atom. The summed E-state index contributed by atoms with van der Waals surface area (Å²) >= 11 is 0. The third-order valence-electron chi connectivity index (χ3n) is 2.02. The Morgan fingerprint density at radius 2 is 2.21 bits per heavy atom. The quantitative estimate of drug-likeness (QED) is 0.532. The first-order chi connectivity index (χ1) is 6.49. The Morgan fingerprint density at radius 3 is 2.79 bits per heavy atom. The van der Waals surface area contributed by atoms with Crippen LogP contribution in [0.4, 0.5) is 0 Å². The molecule has 0 aromatic rings. The van der Waals surface area contributed by atoms with E-state index >= 15 is 0 Å². The molecule has 80 valence electrons. The standard InChI is InChI=1S/C8H14N2O3S/c9-8-4-1-2-5-10(8)6-3-7-14(11,12)13/h1-2,9H,3-7H2,(H,11,12,13). The third-order valence-corrected chi connectivity index (χ3v) is 2.82. The smallest absolute Gasteiger partial charge is 0.264 e. The summed E-state index contributed by atoms with van der Waals surface area (Å²) < 4.78 is 29.3. The van der Waals surface area contributed by atoms with Crippen LogP contribution in [0.5, 0.6) is 0 Å². The zero-order valence-electron chi connectivity index (χ0n) is 7.81. The summed E-state index contributed by atoms with van der Waals surface area (Å²) in [7, 11) is -3.86. The van der Waals surface area contributed by atoms with Crippen LogP contribution in [0.3, 0.4) is 0 Å². The Labute approximate surface area is 83.7 Å². The molecule has 1 rings (SSSR count). The molecule has 0 spiro atoms. The number of nitrogens with one attached hydrogen (secondary N) is 1. The van der Waals surface area contributed by atoms with Crippen LogP contribution in [0.15, 0.2) is 12.2 Å². The van der Waals surface area contributed by atoms with E-state index in [0.29, 0.717) is 31.8 Å². The van der Waals surface area contributed by atoms with Crippen LogP contribution >= 0.6 is 0 Å². The second kappa shape index (κ2) is 4.56. The summed E-state index contributed by atoms with van der Waals surface area (Å²) in [6.45, 7) is 1.16. The van der Waals surface area contributed by atoms with Crippen LogP contribution in [0.2, 0.25) is 0 Å². The van der Waals surface area contributed by atoms with E-state index in [-0.39, 0.29) is 5.75 Å². The second-order valence-electron chi connectivity index (χ2n) is 3.21. The molecule has 0 amide bonds. The summed E-state index contributed by atoms with van der Waals surface area (Å²) in [5, 5.41) is 7.54. The molecule has 5 nitrogen and oxygen atoms in total. The predicted octanol–water partition coefficient (Wildman–Crippen LogP) is 0.503. The highest BCUT2D eigenvalue weighted by Gasteiger charge is 2.12. The molecule has 0 atom stereocenters. The first-order valence-electron chi connectivity index (χ1n) is 4.41. The van der Waals surface area contributed by atoms with Gasteiger partial charge in [-0.3, -0.25) is 9.96 Å². The molecule has 1 aliphatic heterocycles. The number of hydrogen-bond acceptors (Lipinski definition) is 3. The average Bonchev–Trinajstić information content (AvgIpc) is 2.06. The highest BCUT2D eigenvalue weighted by molar-refractivity contribution is 7.85. The summed E-state index contributed by atoms with van der Waals surface area (Å²) in [6.07, 6.45) is 4.83. The van der Waals surface area contributed by atoms with Crippen molar-refractivity contribution in [3.05, 3.63) is 12.2 Å². The molecule has 0 unspecified atom stereocenters. The maximum Gasteiger partial charge on any atom is 0.264 e. The molecule has 0 saturated carbocycles. The molecule has 2 N–H and O–H groups in total. The lowest BCUT2D eigenvalue weighted by Gasteiger charge is -2.25. The maximum atomic E-state index is 10.4. The van der Waals surface area contributed by atoms with E-state index < -0.39 is 10.1 Å². The summed E-state index contributed by atoms with van der Waals surface area (Å²) in [5.41, 5.74) is 0. The van der Waals surface area contributed by atoms with E-state index in [1.807, 2.05) is 12.2 Å². The van der Waals surface area contributed by atoms with Gasteiger partial charge in [0.05, 0.1) is 11.6 Å². The number of rotatable bonds is 4. The van der Waals surface area contributed by atoms with Crippen LogP contribution in [-0.4, -0.2) is 42.5 Å². The van der Waals surface area contributed by atoms with Crippen molar-refractivity contribution in [3.8, 4) is 0 Å². The highest BCUT2D eigenvalue weighted by Crippen LogP contribution is 2.04. The second-order valence-corrected chi connectivity index (χ2v) is 4.78. The van der Waals surface area contributed by atoms with Gasteiger partial charge < -0.3 is 4.90 Å². The maximum absolute atomic E-state index is 10.4. The highest BCUT2D eigenvalue weighted by atomic mass is 32.2. The van der Waals surface area contributed by atoms with Gasteiger partial charge in [0.15, 0.2) is 0 Å². The fourth-order valence-corrected chi connectivity index (χ4v) is 1.79. The van der Waals surface area contributed by atoms with Gasteiger partial charge in [-0.25, -0.2) is 0 Å². The van der Waals surface area contributed by atoms with Gasteiger partial charge in [0.1, 0.15) is 0 Å². The lowest BCUT2D eigenvalue weighted by Crippen LogP contribution is -2.34. The molecule has 0 radical (unpaired) electrons. The minimum atomic E-state index is -3.86. The van der Waals surface area contributed by atoms with Crippen molar-refractivity contribution in [1.82, 2.24) is 4.90 Å². The van der Waals surface area contributed by atoms with E-state index in [1.165, 1.54) is 0 Å². The molecular weight excluding hydrogens is 204 g/mol. The van der Waals surface area contributed by atoms with Gasteiger partial charge in [-0.15, -0.1) is 0 Å². The van der Waals surface area contributed by atoms with Gasteiger partial charge in [-0.1, -0.05) is 12.2 Å². The van der Waals surface area contributed by atoms with Gasteiger partial charge in [0.25, 0.3) is 10.1 Å². The number of nitrogens with zero attached hydrogens (tertiary/aromatic N) is 1. The Hall–Kier alpha value is -0.880. The van der Waals surface area contributed by atoms with E-state index in [0.717, 1.165) is 0 Å². The van der Waals surface area contributed by atoms with Crippen molar-refractivity contribution in [2.75, 3.05) is 18.8 Å². The predicted molar refractivity (Wildman–Crippen MR) is 54.1 cm³/mol. The fourth-order valence-electron chi connectivity index (χ4n) is 1.30. The van der Waals surface area contributed by atoms with Crippen LogP contribution in [0.1, 0.15) is 12.8 Å². The van der Waals surface area contributed by atoms with Gasteiger partial charge >= 0.3 is 0 Å². The molecule has 0 aromatic heterocycles. The van der Waals surface area contributed by atoms with Crippen LogP contribution in [0.25, 0.3) is 0 Å². The Bertz CT molecular complexity index is 334. The summed E-state index contributed by atoms with van der Waals surface area (Å²) in [5.74, 6) is 0.267.